The first-order chi connectivity index (χ1) is 8.45. The number of terminal acetylenes is 1. The van der Waals surface area contributed by atoms with Crippen molar-refractivity contribution in [3.05, 3.63) is 24.3 Å². The van der Waals surface area contributed by atoms with Crippen LogP contribution >= 0.6 is 0 Å². The van der Waals surface area contributed by atoms with Crippen molar-refractivity contribution in [3.63, 3.8) is 0 Å². The zero-order chi connectivity index (χ0) is 13.6. The molecule has 4 N–H and O–H groups in total. The molecule has 96 valence electrons. The molecule has 1 aromatic rings. The maximum Gasteiger partial charge on any atom is 0.240 e. The molecule has 0 aromatic heterocycles. The summed E-state index contributed by atoms with van der Waals surface area (Å²) in [7, 11) is -3.87. The number of nitrogens with two attached hydrogens (primary N) is 1. The summed E-state index contributed by atoms with van der Waals surface area (Å²) in [5, 5.41) is 10.2. The number of amides is 1. The van der Waals surface area contributed by atoms with Crippen LogP contribution in [0.25, 0.3) is 0 Å². The van der Waals surface area contributed by atoms with Gasteiger partial charge in [0, 0.05) is 0 Å². The number of primary sulfonamides is 1. The average molecular weight is 267 g/mol. The second kappa shape index (κ2) is 6.16. The van der Waals surface area contributed by atoms with Gasteiger partial charge in [-0.3, -0.25) is 10.1 Å². The van der Waals surface area contributed by atoms with Crippen molar-refractivity contribution in [1.82, 2.24) is 5.32 Å². The van der Waals surface area contributed by atoms with E-state index in [-0.39, 0.29) is 23.7 Å². The Labute approximate surface area is 106 Å². The number of carbonyl (C=O) groups is 1. The van der Waals surface area contributed by atoms with E-state index in [1.54, 1.807) is 6.07 Å². The van der Waals surface area contributed by atoms with Gasteiger partial charge in [-0.15, -0.1) is 6.42 Å². The zero-order valence-electron chi connectivity index (χ0n) is 9.51. The molecule has 0 unspecified atom stereocenters. The number of rotatable bonds is 5. The van der Waals surface area contributed by atoms with Gasteiger partial charge >= 0.3 is 0 Å². The summed E-state index contributed by atoms with van der Waals surface area (Å²) in [5.41, 5.74) is 0.146. The van der Waals surface area contributed by atoms with E-state index in [1.165, 1.54) is 18.2 Å². The monoisotopic (exact) mass is 267 g/mol. The number of hydrogen-bond acceptors (Lipinski definition) is 4. The Bertz CT molecular complexity index is 575. The molecule has 18 heavy (non-hydrogen) atoms. The average Bonchev–Trinajstić information content (AvgIpc) is 2.28. The van der Waals surface area contributed by atoms with Gasteiger partial charge in [0.15, 0.2) is 0 Å². The van der Waals surface area contributed by atoms with E-state index in [1.807, 2.05) is 0 Å². The molecule has 0 aliphatic rings. The van der Waals surface area contributed by atoms with Crippen molar-refractivity contribution in [1.29, 1.82) is 0 Å². The standard InChI is InChI=1S/C11H13N3O3S/c1-2-7-13-8-11(15)14-9-5-3-4-6-10(9)18(12,16)17/h1,3-6,13H,7-8H2,(H,14,15)(H2,12,16,17). The van der Waals surface area contributed by atoms with Crippen molar-refractivity contribution >= 4 is 21.6 Å². The maximum atomic E-state index is 11.5. The van der Waals surface area contributed by atoms with Crippen LogP contribution in [0.4, 0.5) is 5.69 Å². The molecule has 0 saturated carbocycles. The minimum Gasteiger partial charge on any atom is -0.324 e. The number of nitrogens with one attached hydrogen (secondary N) is 2. The van der Waals surface area contributed by atoms with Gasteiger partial charge in [0.25, 0.3) is 0 Å². The van der Waals surface area contributed by atoms with Crippen molar-refractivity contribution in [2.24, 2.45) is 5.14 Å². The lowest BCUT2D eigenvalue weighted by Gasteiger charge is -2.09. The number of para-hydroxylation sites is 1. The highest BCUT2D eigenvalue weighted by Crippen LogP contribution is 2.18. The van der Waals surface area contributed by atoms with Gasteiger partial charge in [0.2, 0.25) is 15.9 Å². The quantitative estimate of drug-likeness (QED) is 0.494. The minimum atomic E-state index is -3.87. The van der Waals surface area contributed by atoms with E-state index in [9.17, 15) is 13.2 Å². The Morgan fingerprint density at radius 3 is 2.67 bits per heavy atom. The predicted octanol–water partition coefficient (Wildman–Crippen LogP) is -0.505. The van der Waals surface area contributed by atoms with Crippen molar-refractivity contribution < 1.29 is 13.2 Å². The Kier molecular flexibility index (Phi) is 4.85. The van der Waals surface area contributed by atoms with Gasteiger partial charge in [-0.25, -0.2) is 13.6 Å². The molecule has 1 rings (SSSR count). The van der Waals surface area contributed by atoms with Crippen LogP contribution < -0.4 is 15.8 Å². The normalized spacial score (nSPS) is 10.7. The van der Waals surface area contributed by atoms with Crippen LogP contribution in [0.1, 0.15) is 0 Å². The number of benzene rings is 1. The number of sulfonamides is 1. The molecule has 7 heteroatoms. The summed E-state index contributed by atoms with van der Waals surface area (Å²) in [5.74, 6) is 1.91. The lowest BCUT2D eigenvalue weighted by Crippen LogP contribution is -2.29. The van der Waals surface area contributed by atoms with Crippen LogP contribution in [0.2, 0.25) is 0 Å². The largest absolute Gasteiger partial charge is 0.324 e. The molecule has 0 fully saturated rings. The number of hydrogen-bond donors (Lipinski definition) is 3. The van der Waals surface area contributed by atoms with Crippen molar-refractivity contribution in [3.8, 4) is 12.3 Å². The molecule has 0 heterocycles. The molecule has 0 aliphatic carbocycles. The molecular formula is C11H13N3O3S. The highest BCUT2D eigenvalue weighted by molar-refractivity contribution is 7.89. The third-order valence-corrected chi connectivity index (χ3v) is 2.95. The molecule has 0 bridgehead atoms. The first kappa shape index (κ1) is 14.2. The highest BCUT2D eigenvalue weighted by atomic mass is 32.2. The molecule has 0 radical (unpaired) electrons. The van der Waals surface area contributed by atoms with E-state index >= 15 is 0 Å². The van der Waals surface area contributed by atoms with Crippen LogP contribution in [-0.2, 0) is 14.8 Å². The Morgan fingerprint density at radius 2 is 2.06 bits per heavy atom. The lowest BCUT2D eigenvalue weighted by atomic mass is 10.3. The predicted molar refractivity (Wildman–Crippen MR) is 68.1 cm³/mol. The van der Waals surface area contributed by atoms with E-state index in [0.717, 1.165) is 0 Å². The molecule has 0 saturated heterocycles. The first-order valence-electron chi connectivity index (χ1n) is 5.01. The summed E-state index contributed by atoms with van der Waals surface area (Å²) in [6, 6.07) is 5.89. The minimum absolute atomic E-state index is 0.0108. The third-order valence-electron chi connectivity index (χ3n) is 1.98. The van der Waals surface area contributed by atoms with Crippen molar-refractivity contribution in [2.75, 3.05) is 18.4 Å². The van der Waals surface area contributed by atoms with Crippen LogP contribution in [0, 0.1) is 12.3 Å². The van der Waals surface area contributed by atoms with Gasteiger partial charge in [-0.2, -0.15) is 0 Å². The Balaban J connectivity index is 2.80. The van der Waals surface area contributed by atoms with E-state index < -0.39 is 15.9 Å². The fourth-order valence-corrected chi connectivity index (χ4v) is 1.95. The second-order valence-electron chi connectivity index (χ2n) is 3.40. The van der Waals surface area contributed by atoms with Gasteiger partial charge in [-0.05, 0) is 12.1 Å². The molecular weight excluding hydrogens is 254 g/mol. The fraction of sp³-hybridized carbons (Fsp3) is 0.182. The molecule has 1 amide bonds. The zero-order valence-corrected chi connectivity index (χ0v) is 10.3. The van der Waals surface area contributed by atoms with Gasteiger partial charge < -0.3 is 5.32 Å². The lowest BCUT2D eigenvalue weighted by molar-refractivity contribution is -0.115. The summed E-state index contributed by atoms with van der Waals surface area (Å²) in [6.45, 7) is 0.243. The third kappa shape index (κ3) is 4.18. The summed E-state index contributed by atoms with van der Waals surface area (Å²) in [6.07, 6.45) is 5.01. The van der Waals surface area contributed by atoms with Crippen LogP contribution in [-0.4, -0.2) is 27.4 Å². The van der Waals surface area contributed by atoms with Crippen LogP contribution in [0.15, 0.2) is 29.2 Å². The molecule has 0 atom stereocenters. The summed E-state index contributed by atoms with van der Waals surface area (Å²) >= 11 is 0. The first-order valence-corrected chi connectivity index (χ1v) is 6.55. The Hall–Kier alpha value is -1.88. The van der Waals surface area contributed by atoms with E-state index in [0.29, 0.717) is 0 Å². The topological polar surface area (TPSA) is 101 Å². The fourth-order valence-electron chi connectivity index (χ4n) is 1.26. The van der Waals surface area contributed by atoms with E-state index in [4.69, 9.17) is 11.6 Å². The second-order valence-corrected chi connectivity index (χ2v) is 4.93. The van der Waals surface area contributed by atoms with Crippen molar-refractivity contribution in [2.45, 2.75) is 4.90 Å². The SMILES string of the molecule is C#CCNCC(=O)Nc1ccccc1S(N)(=O)=O. The van der Waals surface area contributed by atoms with E-state index in [2.05, 4.69) is 16.6 Å². The summed E-state index contributed by atoms with van der Waals surface area (Å²) < 4.78 is 22.6. The molecule has 0 aliphatic heterocycles. The molecule has 0 spiro atoms. The summed E-state index contributed by atoms with van der Waals surface area (Å²) in [4.78, 5) is 11.4. The van der Waals surface area contributed by atoms with Crippen LogP contribution in [0.3, 0.4) is 0 Å². The number of carbonyl (C=O) groups excluding carboxylic acids is 1. The van der Waals surface area contributed by atoms with Gasteiger partial charge in [0.1, 0.15) is 4.90 Å². The smallest absolute Gasteiger partial charge is 0.240 e. The number of anilines is 1. The Morgan fingerprint density at radius 1 is 1.39 bits per heavy atom. The molecule has 1 aromatic carbocycles. The van der Waals surface area contributed by atoms with Gasteiger partial charge in [0.05, 0.1) is 18.8 Å². The maximum absolute atomic E-state index is 11.5. The molecule has 6 nitrogen and oxygen atoms in total. The van der Waals surface area contributed by atoms with Gasteiger partial charge in [-0.1, -0.05) is 18.1 Å². The van der Waals surface area contributed by atoms with Crippen LogP contribution in [0.5, 0.6) is 0 Å². The highest BCUT2D eigenvalue weighted by Gasteiger charge is 2.14.